The quantitative estimate of drug-likeness (QED) is 0.514. The van der Waals surface area contributed by atoms with Crippen molar-refractivity contribution < 1.29 is 14.3 Å². The molecular weight excluding hydrogens is 430 g/mol. The van der Waals surface area contributed by atoms with E-state index in [9.17, 15) is 10.1 Å². The lowest BCUT2D eigenvalue weighted by Gasteiger charge is -2.32. The molecule has 2 fully saturated rings. The molecule has 0 aliphatic carbocycles. The van der Waals surface area contributed by atoms with Gasteiger partial charge in [-0.05, 0) is 25.0 Å². The number of methoxy groups -OCH3 is 1. The molecule has 178 valence electrons. The van der Waals surface area contributed by atoms with Gasteiger partial charge in [-0.25, -0.2) is 9.79 Å². The Kier molecular flexibility index (Phi) is 7.65. The number of benzene rings is 2. The van der Waals surface area contributed by atoms with Gasteiger partial charge in [-0.1, -0.05) is 30.3 Å². The van der Waals surface area contributed by atoms with Crippen LogP contribution in [0.1, 0.15) is 18.9 Å². The standard InChI is InChI=1S/C26H31N5O3/c1-20(29-9-6-10-30(12-11-29)26(32)31-13-15-34-16-14-31)28-24-18-25(33-2)23(17-22(24)19-27)21-7-4-3-5-8-21/h3-5,7-8,17-18H,6,9-16H2,1-2H3. The maximum absolute atomic E-state index is 12.9. The molecule has 0 atom stereocenters. The number of aliphatic imine (C=N–C) groups is 1. The highest BCUT2D eigenvalue weighted by atomic mass is 16.5. The van der Waals surface area contributed by atoms with Crippen LogP contribution in [0.4, 0.5) is 10.5 Å². The van der Waals surface area contributed by atoms with Gasteiger partial charge in [0.2, 0.25) is 0 Å². The van der Waals surface area contributed by atoms with Crippen molar-refractivity contribution in [2.75, 3.05) is 59.6 Å². The molecule has 0 saturated carbocycles. The number of morpholine rings is 1. The van der Waals surface area contributed by atoms with Crippen molar-refractivity contribution in [1.82, 2.24) is 14.7 Å². The summed E-state index contributed by atoms with van der Waals surface area (Å²) in [5.41, 5.74) is 2.93. The van der Waals surface area contributed by atoms with Gasteiger partial charge in [0.25, 0.3) is 0 Å². The normalized spacial score (nSPS) is 17.2. The predicted octanol–water partition coefficient (Wildman–Crippen LogP) is 3.74. The van der Waals surface area contributed by atoms with Gasteiger partial charge in [-0.2, -0.15) is 5.26 Å². The average Bonchev–Trinajstić information content (AvgIpc) is 3.15. The third kappa shape index (κ3) is 5.32. The summed E-state index contributed by atoms with van der Waals surface area (Å²) in [7, 11) is 1.63. The molecule has 0 radical (unpaired) electrons. The summed E-state index contributed by atoms with van der Waals surface area (Å²) in [5, 5.41) is 9.81. The third-order valence-electron chi connectivity index (χ3n) is 6.31. The van der Waals surface area contributed by atoms with E-state index in [2.05, 4.69) is 11.0 Å². The molecule has 2 amide bonds. The first-order valence-corrected chi connectivity index (χ1v) is 11.7. The number of ether oxygens (including phenoxy) is 2. The van der Waals surface area contributed by atoms with Gasteiger partial charge in [0.05, 0.1) is 31.6 Å². The van der Waals surface area contributed by atoms with E-state index in [1.54, 1.807) is 7.11 Å². The number of urea groups is 1. The fourth-order valence-electron chi connectivity index (χ4n) is 4.40. The summed E-state index contributed by atoms with van der Waals surface area (Å²) >= 11 is 0. The van der Waals surface area contributed by atoms with E-state index in [0.29, 0.717) is 56.4 Å². The molecule has 0 unspecified atom stereocenters. The summed E-state index contributed by atoms with van der Waals surface area (Å²) < 4.78 is 11.0. The molecular formula is C26H31N5O3. The fraction of sp³-hybridized carbons (Fsp3) is 0.423. The number of amidine groups is 1. The van der Waals surface area contributed by atoms with E-state index in [-0.39, 0.29) is 6.03 Å². The van der Waals surface area contributed by atoms with Gasteiger partial charge in [-0.3, -0.25) is 0 Å². The van der Waals surface area contributed by atoms with Crippen LogP contribution >= 0.6 is 0 Å². The van der Waals surface area contributed by atoms with Crippen molar-refractivity contribution in [2.45, 2.75) is 13.3 Å². The van der Waals surface area contributed by atoms with E-state index in [1.165, 1.54) is 0 Å². The van der Waals surface area contributed by atoms with Crippen LogP contribution in [0, 0.1) is 11.3 Å². The highest BCUT2D eigenvalue weighted by Gasteiger charge is 2.25. The Balaban J connectivity index is 1.51. The van der Waals surface area contributed by atoms with Crippen molar-refractivity contribution in [1.29, 1.82) is 5.26 Å². The number of nitriles is 1. The van der Waals surface area contributed by atoms with Crippen molar-refractivity contribution in [3.8, 4) is 22.9 Å². The smallest absolute Gasteiger partial charge is 0.320 e. The Morgan fingerprint density at radius 1 is 1.00 bits per heavy atom. The number of nitrogens with zero attached hydrogens (tertiary/aromatic N) is 5. The summed E-state index contributed by atoms with van der Waals surface area (Å²) in [4.78, 5) is 23.7. The highest BCUT2D eigenvalue weighted by molar-refractivity contribution is 5.85. The monoisotopic (exact) mass is 461 g/mol. The Hall–Kier alpha value is -3.57. The number of carbonyl (C=O) groups is 1. The molecule has 8 heteroatoms. The maximum atomic E-state index is 12.9. The molecule has 4 rings (SSSR count). The zero-order valence-corrected chi connectivity index (χ0v) is 19.9. The Bertz CT molecular complexity index is 1070. The van der Waals surface area contributed by atoms with Crippen LogP contribution in [-0.4, -0.2) is 86.2 Å². The Labute approximate surface area is 201 Å². The summed E-state index contributed by atoms with van der Waals surface area (Å²) in [5.74, 6) is 1.50. The lowest BCUT2D eigenvalue weighted by molar-refractivity contribution is 0.0437. The van der Waals surface area contributed by atoms with Gasteiger partial charge >= 0.3 is 6.03 Å². The minimum atomic E-state index is 0.0905. The van der Waals surface area contributed by atoms with Crippen molar-refractivity contribution >= 4 is 17.6 Å². The van der Waals surface area contributed by atoms with Crippen LogP contribution in [0.15, 0.2) is 47.5 Å². The molecule has 2 aromatic carbocycles. The number of hydrogen-bond donors (Lipinski definition) is 0. The van der Waals surface area contributed by atoms with Crippen LogP contribution in [-0.2, 0) is 4.74 Å². The zero-order chi connectivity index (χ0) is 23.9. The van der Waals surface area contributed by atoms with Crippen molar-refractivity contribution in [3.05, 3.63) is 48.0 Å². The van der Waals surface area contributed by atoms with Gasteiger partial charge in [0.1, 0.15) is 17.7 Å². The molecule has 34 heavy (non-hydrogen) atoms. The molecule has 0 aromatic heterocycles. The minimum absolute atomic E-state index is 0.0905. The van der Waals surface area contributed by atoms with Crippen LogP contribution in [0.5, 0.6) is 5.75 Å². The largest absolute Gasteiger partial charge is 0.496 e. The van der Waals surface area contributed by atoms with Gasteiger partial charge in [0.15, 0.2) is 0 Å². The van der Waals surface area contributed by atoms with Crippen LogP contribution in [0.25, 0.3) is 11.1 Å². The van der Waals surface area contributed by atoms with Crippen molar-refractivity contribution in [3.63, 3.8) is 0 Å². The topological polar surface area (TPSA) is 81.4 Å². The lowest BCUT2D eigenvalue weighted by atomic mass is 10.0. The molecule has 2 aliphatic heterocycles. The zero-order valence-electron chi connectivity index (χ0n) is 19.9. The van der Waals surface area contributed by atoms with Crippen LogP contribution < -0.4 is 4.74 Å². The molecule has 8 nitrogen and oxygen atoms in total. The fourth-order valence-corrected chi connectivity index (χ4v) is 4.40. The minimum Gasteiger partial charge on any atom is -0.496 e. The van der Waals surface area contributed by atoms with E-state index in [1.807, 2.05) is 59.2 Å². The first kappa shape index (κ1) is 23.6. The van der Waals surface area contributed by atoms with E-state index in [0.717, 1.165) is 36.5 Å². The first-order chi connectivity index (χ1) is 16.6. The number of carbonyl (C=O) groups excluding carboxylic acids is 1. The molecule has 2 heterocycles. The summed E-state index contributed by atoms with van der Waals surface area (Å²) in [6.45, 7) is 7.34. The molecule has 0 spiro atoms. The lowest BCUT2D eigenvalue weighted by Crippen LogP contribution is -2.49. The number of amides is 2. The number of hydrogen-bond acceptors (Lipinski definition) is 5. The molecule has 0 N–H and O–H groups in total. The Morgan fingerprint density at radius 2 is 1.68 bits per heavy atom. The van der Waals surface area contributed by atoms with Crippen molar-refractivity contribution in [2.24, 2.45) is 4.99 Å². The van der Waals surface area contributed by atoms with Crippen LogP contribution in [0.3, 0.4) is 0 Å². The van der Waals surface area contributed by atoms with Gasteiger partial charge < -0.3 is 24.2 Å². The van der Waals surface area contributed by atoms with Gasteiger partial charge in [0, 0.05) is 50.9 Å². The first-order valence-electron chi connectivity index (χ1n) is 11.7. The van der Waals surface area contributed by atoms with E-state index >= 15 is 0 Å². The SMILES string of the molecule is COc1cc(N=C(C)N2CCCN(C(=O)N3CCOCC3)CC2)c(C#N)cc1-c1ccccc1. The molecule has 2 aliphatic rings. The number of rotatable bonds is 3. The molecule has 0 bridgehead atoms. The van der Waals surface area contributed by atoms with E-state index in [4.69, 9.17) is 14.5 Å². The third-order valence-corrected chi connectivity index (χ3v) is 6.31. The Morgan fingerprint density at radius 3 is 2.38 bits per heavy atom. The van der Waals surface area contributed by atoms with E-state index < -0.39 is 0 Å². The average molecular weight is 462 g/mol. The second-order valence-electron chi connectivity index (χ2n) is 8.42. The second kappa shape index (κ2) is 11.0. The summed E-state index contributed by atoms with van der Waals surface area (Å²) in [6.07, 6.45) is 0.865. The molecule has 2 saturated heterocycles. The van der Waals surface area contributed by atoms with Crippen LogP contribution in [0.2, 0.25) is 0 Å². The molecule has 2 aromatic rings. The second-order valence-corrected chi connectivity index (χ2v) is 8.42. The summed E-state index contributed by atoms with van der Waals surface area (Å²) in [6, 6.07) is 15.9. The maximum Gasteiger partial charge on any atom is 0.320 e. The predicted molar refractivity (Wildman–Crippen MR) is 131 cm³/mol. The highest BCUT2D eigenvalue weighted by Crippen LogP contribution is 2.36. The van der Waals surface area contributed by atoms with Gasteiger partial charge in [-0.15, -0.1) is 0 Å².